The number of hydrogen-bond donors (Lipinski definition) is 0. The van der Waals surface area contributed by atoms with Crippen LogP contribution in [-0.4, -0.2) is 78.0 Å². The van der Waals surface area contributed by atoms with Crippen molar-refractivity contribution in [2.45, 2.75) is 35.7 Å². The number of halogens is 2. The van der Waals surface area contributed by atoms with E-state index in [0.29, 0.717) is 36.4 Å². The summed E-state index contributed by atoms with van der Waals surface area (Å²) < 4.78 is 46.5. The number of fused-ring (bicyclic) bond motifs is 1. The van der Waals surface area contributed by atoms with Crippen LogP contribution in [0.25, 0.3) is 0 Å². The highest BCUT2D eigenvalue weighted by Gasteiger charge is 2.62. The van der Waals surface area contributed by atoms with Crippen molar-refractivity contribution in [3.63, 3.8) is 0 Å². The third-order valence-corrected chi connectivity index (χ3v) is 10.6. The lowest BCUT2D eigenvalue weighted by atomic mass is 9.78. The van der Waals surface area contributed by atoms with E-state index < -0.39 is 27.5 Å². The molecule has 234 valence electrons. The third-order valence-electron chi connectivity index (χ3n) is 8.19. The van der Waals surface area contributed by atoms with Crippen molar-refractivity contribution >= 4 is 50.7 Å². The van der Waals surface area contributed by atoms with E-state index in [4.69, 9.17) is 37.4 Å². The lowest BCUT2D eigenvalue weighted by Gasteiger charge is -2.47. The molecule has 13 heteroatoms. The van der Waals surface area contributed by atoms with Crippen molar-refractivity contribution in [1.29, 1.82) is 0 Å². The second kappa shape index (κ2) is 12.1. The summed E-state index contributed by atoms with van der Waals surface area (Å²) in [4.78, 5) is 32.0. The van der Waals surface area contributed by atoms with Crippen LogP contribution in [0.1, 0.15) is 30.4 Å². The molecule has 0 N–H and O–H groups in total. The van der Waals surface area contributed by atoms with E-state index in [1.54, 1.807) is 43.3 Å². The zero-order valence-electron chi connectivity index (χ0n) is 25.0. The fourth-order valence-corrected chi connectivity index (χ4v) is 8.13. The monoisotopic (exact) mass is 661 g/mol. The summed E-state index contributed by atoms with van der Waals surface area (Å²) in [5.41, 5.74) is -1.20. The molecule has 2 aliphatic heterocycles. The number of piperidine rings is 1. The fourth-order valence-electron chi connectivity index (χ4n) is 6.21. The number of amides is 2. The van der Waals surface area contributed by atoms with Gasteiger partial charge in [-0.05, 0) is 43.2 Å². The van der Waals surface area contributed by atoms with E-state index >= 15 is 4.79 Å². The molecule has 2 unspecified atom stereocenters. The van der Waals surface area contributed by atoms with Gasteiger partial charge in [0, 0.05) is 37.8 Å². The Labute approximate surface area is 267 Å². The van der Waals surface area contributed by atoms with E-state index in [9.17, 15) is 13.2 Å². The number of hydrogen-bond acceptors (Lipinski definition) is 8. The fraction of sp³-hybridized carbons (Fsp3) is 0.355. The average molecular weight is 663 g/mol. The van der Waals surface area contributed by atoms with Crippen LogP contribution in [-0.2, 0) is 25.2 Å². The zero-order chi connectivity index (χ0) is 32.0. The van der Waals surface area contributed by atoms with E-state index in [2.05, 4.69) is 0 Å². The highest BCUT2D eigenvalue weighted by atomic mass is 35.5. The Morgan fingerprint density at radius 2 is 1.59 bits per heavy atom. The lowest BCUT2D eigenvalue weighted by Crippen LogP contribution is -2.62. The van der Waals surface area contributed by atoms with Crippen LogP contribution in [0.3, 0.4) is 0 Å². The smallest absolute Gasteiger partial charge is 0.274 e. The molecule has 2 atom stereocenters. The number of carbonyl (C=O) groups excluding carboxylic acids is 2. The van der Waals surface area contributed by atoms with Gasteiger partial charge in [-0.15, -0.1) is 0 Å². The van der Waals surface area contributed by atoms with Crippen LogP contribution in [0.4, 0.5) is 5.69 Å². The van der Waals surface area contributed by atoms with Gasteiger partial charge in [-0.25, -0.2) is 12.7 Å². The first-order valence-electron chi connectivity index (χ1n) is 13.9. The molecule has 2 amide bonds. The third kappa shape index (κ3) is 4.86. The Morgan fingerprint density at radius 1 is 0.909 bits per heavy atom. The molecule has 44 heavy (non-hydrogen) atoms. The molecule has 1 saturated heterocycles. The van der Waals surface area contributed by atoms with Gasteiger partial charge >= 0.3 is 0 Å². The largest absolute Gasteiger partial charge is 0.497 e. The Hall–Kier alpha value is -3.51. The summed E-state index contributed by atoms with van der Waals surface area (Å²) in [7, 11) is 2.89. The molecule has 0 aromatic heterocycles. The van der Waals surface area contributed by atoms with Crippen LogP contribution < -0.4 is 18.5 Å². The molecule has 2 aliphatic rings. The number of likely N-dealkylation sites (tertiary alicyclic amines) is 1. The maximum Gasteiger partial charge on any atom is 0.274 e. The Morgan fingerprint density at radius 3 is 2.25 bits per heavy atom. The number of anilines is 1. The number of likely N-dealkylation sites (N-methyl/N-ethyl adjacent to an activating group) is 1. The van der Waals surface area contributed by atoms with Crippen LogP contribution in [0.2, 0.25) is 10.0 Å². The molecule has 5 rings (SSSR count). The Balaban J connectivity index is 1.89. The van der Waals surface area contributed by atoms with Gasteiger partial charge in [0.25, 0.3) is 15.9 Å². The van der Waals surface area contributed by atoms with Gasteiger partial charge in [-0.1, -0.05) is 47.8 Å². The Bertz CT molecular complexity index is 1730. The molecule has 10 nitrogen and oxygen atoms in total. The van der Waals surface area contributed by atoms with Crippen LogP contribution >= 0.6 is 23.2 Å². The van der Waals surface area contributed by atoms with Crippen molar-refractivity contribution in [3.05, 3.63) is 75.8 Å². The summed E-state index contributed by atoms with van der Waals surface area (Å²) in [6.07, 6.45) is 1.87. The zero-order valence-corrected chi connectivity index (χ0v) is 27.3. The lowest BCUT2D eigenvalue weighted by molar-refractivity contribution is -0.142. The molecular weight excluding hydrogens is 629 g/mol. The van der Waals surface area contributed by atoms with E-state index in [1.165, 1.54) is 56.6 Å². The van der Waals surface area contributed by atoms with Gasteiger partial charge in [0.15, 0.2) is 5.54 Å². The standard InChI is InChI=1S/C31H33Cl2N3O7S/c1-34(2)29(37)24-11-8-9-15-35(24)31(20-10-6-7-12-26(20)42-4)21-17-22(32)23(33)18-25(21)36(30(31)38)44(39,40)28-14-13-19(41-3)16-27(28)43-5/h6-7,10,12-14,16-18,24H,8-9,11,15H2,1-5H3. The highest BCUT2D eigenvalue weighted by Crippen LogP contribution is 2.55. The van der Waals surface area contributed by atoms with Crippen molar-refractivity contribution < 1.29 is 32.2 Å². The minimum absolute atomic E-state index is 0.00908. The summed E-state index contributed by atoms with van der Waals surface area (Å²) >= 11 is 13.1. The molecule has 2 heterocycles. The molecule has 0 spiro atoms. The molecule has 0 aliphatic carbocycles. The minimum Gasteiger partial charge on any atom is -0.497 e. The number of nitrogens with zero attached hydrogens (tertiary/aromatic N) is 3. The molecule has 3 aromatic carbocycles. The second-order valence-corrected chi connectivity index (χ2v) is 13.3. The van der Waals surface area contributed by atoms with Crippen LogP contribution in [0.5, 0.6) is 17.2 Å². The Kier molecular flexibility index (Phi) is 8.78. The number of para-hydroxylation sites is 1. The average Bonchev–Trinajstić information content (AvgIpc) is 3.27. The number of carbonyl (C=O) groups is 2. The van der Waals surface area contributed by atoms with Gasteiger partial charge in [0.1, 0.15) is 22.1 Å². The number of methoxy groups -OCH3 is 3. The van der Waals surface area contributed by atoms with E-state index in [1.807, 2.05) is 0 Å². The first kappa shape index (κ1) is 31.9. The van der Waals surface area contributed by atoms with Gasteiger partial charge in [0.05, 0.1) is 43.1 Å². The van der Waals surface area contributed by atoms with Crippen molar-refractivity contribution in [2.24, 2.45) is 0 Å². The first-order chi connectivity index (χ1) is 20.9. The SMILES string of the molecule is COc1ccc(S(=O)(=O)N2C(=O)C(c3ccccc3OC)(N3CCCCC3C(=O)N(C)C)c3cc(Cl)c(Cl)cc32)c(OC)c1. The highest BCUT2D eigenvalue weighted by molar-refractivity contribution is 7.93. The predicted molar refractivity (Wildman–Crippen MR) is 167 cm³/mol. The number of rotatable bonds is 8. The van der Waals surface area contributed by atoms with E-state index in [0.717, 1.165) is 10.7 Å². The van der Waals surface area contributed by atoms with Crippen molar-refractivity contribution in [1.82, 2.24) is 9.80 Å². The summed E-state index contributed by atoms with van der Waals surface area (Å²) in [6, 6.07) is 13.2. The van der Waals surface area contributed by atoms with E-state index in [-0.39, 0.29) is 37.8 Å². The molecule has 0 radical (unpaired) electrons. The minimum atomic E-state index is -4.65. The molecule has 0 saturated carbocycles. The van der Waals surface area contributed by atoms with Crippen molar-refractivity contribution in [2.75, 3.05) is 46.3 Å². The second-order valence-electron chi connectivity index (χ2n) is 10.7. The quantitative estimate of drug-likeness (QED) is 0.334. The first-order valence-corrected chi connectivity index (χ1v) is 16.1. The normalized spacial score (nSPS) is 20.3. The maximum atomic E-state index is 15.3. The van der Waals surface area contributed by atoms with Crippen LogP contribution in [0.15, 0.2) is 59.5 Å². The van der Waals surface area contributed by atoms with Gasteiger partial charge < -0.3 is 19.1 Å². The van der Waals surface area contributed by atoms with Crippen molar-refractivity contribution in [3.8, 4) is 17.2 Å². The predicted octanol–water partition coefficient (Wildman–Crippen LogP) is 4.94. The molecule has 3 aromatic rings. The van der Waals surface area contributed by atoms with Gasteiger partial charge in [0.2, 0.25) is 5.91 Å². The summed E-state index contributed by atoms with van der Waals surface area (Å²) in [5.74, 6) is -0.364. The molecule has 0 bridgehead atoms. The van der Waals surface area contributed by atoms with Gasteiger partial charge in [-0.3, -0.25) is 14.5 Å². The maximum absolute atomic E-state index is 15.3. The molecule has 1 fully saturated rings. The summed E-state index contributed by atoms with van der Waals surface area (Å²) in [6.45, 7) is 0.313. The molecular formula is C31H33Cl2N3O7S. The number of benzene rings is 3. The van der Waals surface area contributed by atoms with Crippen LogP contribution in [0, 0.1) is 0 Å². The topological polar surface area (TPSA) is 106 Å². The van der Waals surface area contributed by atoms with Gasteiger partial charge in [-0.2, -0.15) is 0 Å². The summed E-state index contributed by atoms with van der Waals surface area (Å²) in [5, 5.41) is 0.168. The number of sulfonamides is 1. The number of ether oxygens (including phenoxy) is 3.